The molecule has 2 aromatic rings. The largest absolute Gasteiger partial charge is 0.488 e. The minimum atomic E-state index is 0.340. The van der Waals surface area contributed by atoms with Crippen molar-refractivity contribution in [2.75, 3.05) is 0 Å². The van der Waals surface area contributed by atoms with Gasteiger partial charge in [-0.25, -0.2) is 0 Å². The standard InChI is InChI=1S/C13H12N2OS/c14-13(17)11-5-1-2-6-12(11)16-9-10-4-3-7-15-8-10/h1-8H,9H2,(H2,14,17). The van der Waals surface area contributed by atoms with Crippen LogP contribution in [-0.4, -0.2) is 9.97 Å². The summed E-state index contributed by atoms with van der Waals surface area (Å²) in [6.07, 6.45) is 3.50. The third-order valence-corrected chi connectivity index (χ3v) is 2.49. The van der Waals surface area contributed by atoms with Crippen LogP contribution in [0, 0.1) is 0 Å². The van der Waals surface area contributed by atoms with Crippen LogP contribution in [0.3, 0.4) is 0 Å². The van der Waals surface area contributed by atoms with E-state index in [2.05, 4.69) is 4.98 Å². The quantitative estimate of drug-likeness (QED) is 0.838. The van der Waals surface area contributed by atoms with E-state index < -0.39 is 0 Å². The van der Waals surface area contributed by atoms with Gasteiger partial charge in [-0.15, -0.1) is 0 Å². The summed E-state index contributed by atoms with van der Waals surface area (Å²) in [6, 6.07) is 11.3. The van der Waals surface area contributed by atoms with E-state index in [0.717, 1.165) is 11.1 Å². The third-order valence-electron chi connectivity index (χ3n) is 2.27. The number of nitrogens with zero attached hydrogens (tertiary/aromatic N) is 1. The summed E-state index contributed by atoms with van der Waals surface area (Å²) in [5.41, 5.74) is 7.38. The first-order chi connectivity index (χ1) is 8.27. The lowest BCUT2D eigenvalue weighted by Crippen LogP contribution is -2.11. The van der Waals surface area contributed by atoms with Crippen LogP contribution in [0.2, 0.25) is 0 Å². The lowest BCUT2D eigenvalue weighted by atomic mass is 10.2. The van der Waals surface area contributed by atoms with Crippen molar-refractivity contribution in [3.8, 4) is 5.75 Å². The van der Waals surface area contributed by atoms with Crippen molar-refractivity contribution in [1.82, 2.24) is 4.98 Å². The van der Waals surface area contributed by atoms with E-state index in [1.165, 1.54) is 0 Å². The lowest BCUT2D eigenvalue weighted by molar-refractivity contribution is 0.305. The minimum absolute atomic E-state index is 0.340. The molecule has 17 heavy (non-hydrogen) atoms. The second-order valence-electron chi connectivity index (χ2n) is 3.51. The Bertz CT molecular complexity index is 514. The normalized spacial score (nSPS) is 9.88. The fraction of sp³-hybridized carbons (Fsp3) is 0.0769. The Morgan fingerprint density at radius 2 is 2.06 bits per heavy atom. The summed E-state index contributed by atoms with van der Waals surface area (Å²) in [5.74, 6) is 0.698. The van der Waals surface area contributed by atoms with Gasteiger partial charge in [0.25, 0.3) is 0 Å². The topological polar surface area (TPSA) is 48.1 Å². The Hall–Kier alpha value is -1.94. The Labute approximate surface area is 105 Å². The van der Waals surface area contributed by atoms with Gasteiger partial charge in [0, 0.05) is 18.0 Å². The smallest absolute Gasteiger partial charge is 0.129 e. The molecule has 0 saturated heterocycles. The fourth-order valence-corrected chi connectivity index (χ4v) is 1.61. The highest BCUT2D eigenvalue weighted by atomic mass is 32.1. The Morgan fingerprint density at radius 3 is 2.76 bits per heavy atom. The fourth-order valence-electron chi connectivity index (χ4n) is 1.44. The molecule has 0 aliphatic rings. The Balaban J connectivity index is 2.12. The Kier molecular flexibility index (Phi) is 3.67. The summed E-state index contributed by atoms with van der Waals surface area (Å²) >= 11 is 4.97. The van der Waals surface area contributed by atoms with Crippen LogP contribution in [0.1, 0.15) is 11.1 Å². The van der Waals surface area contributed by atoms with Gasteiger partial charge in [0.15, 0.2) is 0 Å². The summed E-state index contributed by atoms with van der Waals surface area (Å²) in [5, 5.41) is 0. The highest BCUT2D eigenvalue weighted by molar-refractivity contribution is 7.80. The summed E-state index contributed by atoms with van der Waals surface area (Å²) < 4.78 is 5.68. The molecule has 0 saturated carbocycles. The number of pyridine rings is 1. The molecule has 4 heteroatoms. The molecule has 1 heterocycles. The first kappa shape index (κ1) is 11.5. The lowest BCUT2D eigenvalue weighted by Gasteiger charge is -2.10. The SMILES string of the molecule is NC(=S)c1ccccc1OCc1cccnc1. The maximum absolute atomic E-state index is 5.68. The molecule has 0 unspecified atom stereocenters. The number of para-hydroxylation sites is 1. The van der Waals surface area contributed by atoms with Gasteiger partial charge in [-0.1, -0.05) is 30.4 Å². The summed E-state index contributed by atoms with van der Waals surface area (Å²) in [7, 11) is 0. The first-order valence-corrected chi connectivity index (χ1v) is 5.59. The zero-order valence-corrected chi connectivity index (χ0v) is 9.98. The molecule has 0 radical (unpaired) electrons. The van der Waals surface area contributed by atoms with Gasteiger partial charge < -0.3 is 10.5 Å². The van der Waals surface area contributed by atoms with Crippen molar-refractivity contribution in [2.24, 2.45) is 5.73 Å². The molecule has 86 valence electrons. The molecule has 1 aromatic carbocycles. The number of hydrogen-bond donors (Lipinski definition) is 1. The molecule has 0 atom stereocenters. The highest BCUT2D eigenvalue weighted by Gasteiger charge is 2.05. The second kappa shape index (κ2) is 5.41. The van der Waals surface area contributed by atoms with E-state index in [9.17, 15) is 0 Å². The number of aromatic nitrogens is 1. The van der Waals surface area contributed by atoms with E-state index in [4.69, 9.17) is 22.7 Å². The zero-order valence-electron chi connectivity index (χ0n) is 9.17. The predicted octanol–water partition coefficient (Wildman–Crippen LogP) is 2.29. The van der Waals surface area contributed by atoms with Gasteiger partial charge in [0.05, 0.1) is 5.56 Å². The van der Waals surface area contributed by atoms with Crippen molar-refractivity contribution in [3.63, 3.8) is 0 Å². The van der Waals surface area contributed by atoms with E-state index in [-0.39, 0.29) is 0 Å². The van der Waals surface area contributed by atoms with Crippen LogP contribution >= 0.6 is 12.2 Å². The second-order valence-corrected chi connectivity index (χ2v) is 3.95. The van der Waals surface area contributed by atoms with Gasteiger partial charge >= 0.3 is 0 Å². The van der Waals surface area contributed by atoms with Crippen LogP contribution < -0.4 is 10.5 Å². The zero-order chi connectivity index (χ0) is 12.1. The van der Waals surface area contributed by atoms with Crippen molar-refractivity contribution >= 4 is 17.2 Å². The van der Waals surface area contributed by atoms with Gasteiger partial charge in [-0.05, 0) is 18.2 Å². The van der Waals surface area contributed by atoms with Gasteiger partial charge in [0.2, 0.25) is 0 Å². The molecule has 0 amide bonds. The molecule has 0 fully saturated rings. The summed E-state index contributed by atoms with van der Waals surface area (Å²) in [6.45, 7) is 0.452. The first-order valence-electron chi connectivity index (χ1n) is 5.18. The van der Waals surface area contributed by atoms with Crippen molar-refractivity contribution < 1.29 is 4.74 Å². The van der Waals surface area contributed by atoms with Crippen LogP contribution in [0.25, 0.3) is 0 Å². The number of nitrogens with two attached hydrogens (primary N) is 1. The van der Waals surface area contributed by atoms with E-state index in [1.54, 1.807) is 12.4 Å². The molecule has 2 rings (SSSR count). The average molecular weight is 244 g/mol. The van der Waals surface area contributed by atoms with Crippen molar-refractivity contribution in [2.45, 2.75) is 6.61 Å². The van der Waals surface area contributed by atoms with Crippen LogP contribution in [0.15, 0.2) is 48.8 Å². The molecule has 1 aromatic heterocycles. The van der Waals surface area contributed by atoms with Gasteiger partial charge in [0.1, 0.15) is 17.3 Å². The van der Waals surface area contributed by atoms with Crippen LogP contribution in [-0.2, 0) is 6.61 Å². The van der Waals surface area contributed by atoms with E-state index in [1.807, 2.05) is 36.4 Å². The predicted molar refractivity (Wildman–Crippen MR) is 70.9 cm³/mol. The van der Waals surface area contributed by atoms with Crippen LogP contribution in [0.4, 0.5) is 0 Å². The molecule has 0 spiro atoms. The van der Waals surface area contributed by atoms with Gasteiger partial charge in [-0.3, -0.25) is 4.98 Å². The molecule has 3 nitrogen and oxygen atoms in total. The number of rotatable bonds is 4. The maximum Gasteiger partial charge on any atom is 0.129 e. The van der Waals surface area contributed by atoms with Crippen molar-refractivity contribution in [1.29, 1.82) is 0 Å². The number of thiocarbonyl (C=S) groups is 1. The molecule has 2 N–H and O–H groups in total. The highest BCUT2D eigenvalue weighted by Crippen LogP contribution is 2.18. The molecule has 0 aliphatic carbocycles. The van der Waals surface area contributed by atoms with E-state index in [0.29, 0.717) is 17.3 Å². The van der Waals surface area contributed by atoms with Gasteiger partial charge in [-0.2, -0.15) is 0 Å². The monoisotopic (exact) mass is 244 g/mol. The maximum atomic E-state index is 5.68. The van der Waals surface area contributed by atoms with Crippen LogP contribution in [0.5, 0.6) is 5.75 Å². The average Bonchev–Trinajstić information content (AvgIpc) is 2.38. The third kappa shape index (κ3) is 3.01. The van der Waals surface area contributed by atoms with Crippen molar-refractivity contribution in [3.05, 3.63) is 59.9 Å². The number of hydrogen-bond acceptors (Lipinski definition) is 3. The summed E-state index contributed by atoms with van der Waals surface area (Å²) in [4.78, 5) is 4.36. The molecule has 0 bridgehead atoms. The number of benzene rings is 1. The minimum Gasteiger partial charge on any atom is -0.488 e. The van der Waals surface area contributed by atoms with E-state index >= 15 is 0 Å². The number of ether oxygens (including phenoxy) is 1. The molecular formula is C13H12N2OS. The Morgan fingerprint density at radius 1 is 1.24 bits per heavy atom. The molecular weight excluding hydrogens is 232 g/mol. The molecule has 0 aliphatic heterocycles.